The maximum Gasteiger partial charge on any atom is 0.496 e. The summed E-state index contributed by atoms with van der Waals surface area (Å²) in [5, 5.41) is 0. The Labute approximate surface area is 203 Å². The molecule has 1 fully saturated rings. The van der Waals surface area contributed by atoms with Crippen LogP contribution in [-0.2, 0) is 9.31 Å². The first-order valence-corrected chi connectivity index (χ1v) is 13.2. The summed E-state index contributed by atoms with van der Waals surface area (Å²) in [6.07, 6.45) is 15.5. The minimum atomic E-state index is -0.487. The number of ketones is 1. The van der Waals surface area contributed by atoms with E-state index in [0.717, 1.165) is 24.7 Å². The van der Waals surface area contributed by atoms with Crippen molar-refractivity contribution in [3.8, 4) is 0 Å². The van der Waals surface area contributed by atoms with Crippen LogP contribution in [0.1, 0.15) is 130 Å². The van der Waals surface area contributed by atoms with Crippen LogP contribution in [0.5, 0.6) is 0 Å². The van der Waals surface area contributed by atoms with Crippen LogP contribution in [0.25, 0.3) is 0 Å². The van der Waals surface area contributed by atoms with Gasteiger partial charge in [-0.1, -0.05) is 72.6 Å². The molecule has 0 amide bonds. The fourth-order valence-corrected chi connectivity index (χ4v) is 4.39. The van der Waals surface area contributed by atoms with E-state index in [4.69, 9.17) is 9.31 Å². The Morgan fingerprint density at radius 2 is 1.48 bits per heavy atom. The lowest BCUT2D eigenvalue weighted by atomic mass is 9.78. The van der Waals surface area contributed by atoms with Crippen LogP contribution >= 0.6 is 0 Å². The second-order valence-electron chi connectivity index (χ2n) is 12.1. The minimum absolute atomic E-state index is 0.0622. The first-order valence-electron chi connectivity index (χ1n) is 13.2. The first kappa shape index (κ1) is 28.0. The van der Waals surface area contributed by atoms with E-state index in [1.165, 1.54) is 44.9 Å². The minimum Gasteiger partial charge on any atom is -0.399 e. The van der Waals surface area contributed by atoms with E-state index in [1.807, 2.05) is 33.8 Å². The lowest BCUT2D eigenvalue weighted by Gasteiger charge is -2.32. The van der Waals surface area contributed by atoms with Crippen LogP contribution in [0.15, 0.2) is 18.5 Å². The zero-order valence-corrected chi connectivity index (χ0v) is 22.6. The third-order valence-corrected chi connectivity index (χ3v) is 7.41. The molecule has 2 heterocycles. The standard InChI is InChI=1S/C28H48BNO3/c1-9-22(17-15-13-11-10-12-14-16-18-26(2,3)4)25(31)23-19-24(21-30-20-23)29-32-27(5,6)28(7,8)33-29/h19-22H,9-18H2,1-8H3. The van der Waals surface area contributed by atoms with Crippen molar-refractivity contribution in [2.75, 3.05) is 0 Å². The molecule has 1 atom stereocenters. The second kappa shape index (κ2) is 12.0. The number of Topliss-reactive ketones (excluding diaryl/α,β-unsaturated/α-hetero) is 1. The predicted octanol–water partition coefficient (Wildman–Crippen LogP) is 7.15. The number of nitrogens with zero attached hydrogens (tertiary/aromatic N) is 1. The van der Waals surface area contributed by atoms with Crippen molar-refractivity contribution >= 4 is 18.4 Å². The molecule has 0 saturated carbocycles. The quantitative estimate of drug-likeness (QED) is 0.179. The molecule has 0 spiro atoms. The molecule has 1 unspecified atom stereocenters. The Balaban J connectivity index is 1.78. The van der Waals surface area contributed by atoms with Crippen LogP contribution in [0.4, 0.5) is 0 Å². The van der Waals surface area contributed by atoms with Crippen molar-refractivity contribution in [1.82, 2.24) is 4.98 Å². The highest BCUT2D eigenvalue weighted by Gasteiger charge is 2.51. The molecular weight excluding hydrogens is 409 g/mol. The maximum absolute atomic E-state index is 13.2. The molecule has 5 heteroatoms. The first-order chi connectivity index (χ1) is 15.4. The number of hydrogen-bond donors (Lipinski definition) is 0. The van der Waals surface area contributed by atoms with Crippen LogP contribution in [0.3, 0.4) is 0 Å². The van der Waals surface area contributed by atoms with Gasteiger partial charge in [0.2, 0.25) is 0 Å². The highest BCUT2D eigenvalue weighted by Crippen LogP contribution is 2.36. The molecule has 0 N–H and O–H groups in total. The molecule has 1 aliphatic rings. The van der Waals surface area contributed by atoms with Gasteiger partial charge in [0.15, 0.2) is 5.78 Å². The van der Waals surface area contributed by atoms with E-state index in [0.29, 0.717) is 11.0 Å². The van der Waals surface area contributed by atoms with E-state index in [-0.39, 0.29) is 11.7 Å². The molecule has 33 heavy (non-hydrogen) atoms. The highest BCUT2D eigenvalue weighted by atomic mass is 16.7. The van der Waals surface area contributed by atoms with Gasteiger partial charge in [-0.2, -0.15) is 0 Å². The van der Waals surface area contributed by atoms with Crippen LogP contribution in [0, 0.1) is 11.3 Å². The van der Waals surface area contributed by atoms with Crippen molar-refractivity contribution in [3.05, 3.63) is 24.0 Å². The smallest absolute Gasteiger partial charge is 0.399 e. The monoisotopic (exact) mass is 457 g/mol. The Morgan fingerprint density at radius 1 is 0.939 bits per heavy atom. The molecular formula is C28H48BNO3. The molecule has 0 aromatic carbocycles. The van der Waals surface area contributed by atoms with Gasteiger partial charge in [-0.25, -0.2) is 0 Å². The van der Waals surface area contributed by atoms with Gasteiger partial charge in [0.05, 0.1) is 11.2 Å². The van der Waals surface area contributed by atoms with Gasteiger partial charge in [0.25, 0.3) is 0 Å². The van der Waals surface area contributed by atoms with Crippen molar-refractivity contribution in [1.29, 1.82) is 0 Å². The molecule has 186 valence electrons. The van der Waals surface area contributed by atoms with Gasteiger partial charge in [-0.05, 0) is 58.4 Å². The van der Waals surface area contributed by atoms with Crippen LogP contribution in [-0.4, -0.2) is 29.1 Å². The predicted molar refractivity (Wildman–Crippen MR) is 139 cm³/mol. The van der Waals surface area contributed by atoms with E-state index < -0.39 is 18.3 Å². The largest absolute Gasteiger partial charge is 0.496 e. The lowest BCUT2D eigenvalue weighted by Crippen LogP contribution is -2.41. The summed E-state index contributed by atoms with van der Waals surface area (Å²) in [4.78, 5) is 17.5. The molecule has 2 rings (SSSR count). The number of rotatable bonds is 13. The normalized spacial score (nSPS) is 18.5. The summed E-state index contributed by atoms with van der Waals surface area (Å²) in [5.41, 5.74) is 1.14. The van der Waals surface area contributed by atoms with Gasteiger partial charge in [-0.15, -0.1) is 0 Å². The lowest BCUT2D eigenvalue weighted by molar-refractivity contribution is 0.00578. The summed E-state index contributed by atoms with van der Waals surface area (Å²) in [6.45, 7) is 17.2. The summed E-state index contributed by atoms with van der Waals surface area (Å²) >= 11 is 0. The maximum atomic E-state index is 13.2. The number of pyridine rings is 1. The van der Waals surface area contributed by atoms with E-state index in [1.54, 1.807) is 12.4 Å². The zero-order chi connectivity index (χ0) is 24.7. The van der Waals surface area contributed by atoms with Crippen LogP contribution < -0.4 is 5.46 Å². The molecule has 1 aliphatic heterocycles. The highest BCUT2D eigenvalue weighted by molar-refractivity contribution is 6.62. The topological polar surface area (TPSA) is 48.4 Å². The average molecular weight is 458 g/mol. The fourth-order valence-electron chi connectivity index (χ4n) is 4.39. The van der Waals surface area contributed by atoms with Crippen molar-refractivity contribution in [2.24, 2.45) is 11.3 Å². The Kier molecular flexibility index (Phi) is 10.2. The van der Waals surface area contributed by atoms with Gasteiger partial charge >= 0.3 is 7.12 Å². The van der Waals surface area contributed by atoms with Gasteiger partial charge < -0.3 is 9.31 Å². The van der Waals surface area contributed by atoms with Gasteiger partial charge in [-0.3, -0.25) is 9.78 Å². The number of carbonyl (C=O) groups excluding carboxylic acids is 1. The Hall–Kier alpha value is -1.20. The molecule has 1 saturated heterocycles. The van der Waals surface area contributed by atoms with Crippen molar-refractivity contribution < 1.29 is 14.1 Å². The molecule has 0 bridgehead atoms. The third kappa shape index (κ3) is 8.51. The summed E-state index contributed by atoms with van der Waals surface area (Å²) in [6, 6.07) is 1.91. The number of unbranched alkanes of at least 4 members (excludes halogenated alkanes) is 6. The Morgan fingerprint density at radius 3 is 2.03 bits per heavy atom. The molecule has 4 nitrogen and oxygen atoms in total. The SMILES string of the molecule is CCC(CCCCCCCCCC(C)(C)C)C(=O)c1cncc(B2OC(C)(C)C(C)(C)O2)c1. The number of aromatic nitrogens is 1. The summed E-state index contributed by atoms with van der Waals surface area (Å²) in [5.74, 6) is 0.262. The molecule has 1 aromatic heterocycles. The average Bonchev–Trinajstić information content (AvgIpc) is 2.95. The van der Waals surface area contributed by atoms with Gasteiger partial charge in [0, 0.05) is 29.3 Å². The second-order valence-corrected chi connectivity index (χ2v) is 12.1. The molecule has 1 aromatic rings. The van der Waals surface area contributed by atoms with Gasteiger partial charge in [0.1, 0.15) is 0 Å². The summed E-state index contributed by atoms with van der Waals surface area (Å²) in [7, 11) is -0.487. The third-order valence-electron chi connectivity index (χ3n) is 7.41. The fraction of sp³-hybridized carbons (Fsp3) is 0.786. The molecule has 0 aliphatic carbocycles. The van der Waals surface area contributed by atoms with Crippen molar-refractivity contribution in [2.45, 2.75) is 131 Å². The molecule has 0 radical (unpaired) electrons. The summed E-state index contributed by atoms with van der Waals surface area (Å²) < 4.78 is 12.3. The number of hydrogen-bond acceptors (Lipinski definition) is 4. The van der Waals surface area contributed by atoms with Crippen LogP contribution in [0.2, 0.25) is 0 Å². The Bertz CT molecular complexity index is 738. The van der Waals surface area contributed by atoms with E-state index >= 15 is 0 Å². The van der Waals surface area contributed by atoms with E-state index in [2.05, 4.69) is 32.7 Å². The number of carbonyl (C=O) groups is 1. The van der Waals surface area contributed by atoms with E-state index in [9.17, 15) is 4.79 Å². The van der Waals surface area contributed by atoms with Crippen molar-refractivity contribution in [3.63, 3.8) is 0 Å². The zero-order valence-electron chi connectivity index (χ0n) is 22.6.